The summed E-state index contributed by atoms with van der Waals surface area (Å²) in [6.45, 7) is -0.510. The van der Waals surface area contributed by atoms with E-state index in [9.17, 15) is 0 Å². The predicted molar refractivity (Wildman–Crippen MR) is 26.9 cm³/mol. The lowest BCUT2D eigenvalue weighted by atomic mass is 9.56. The average Bonchev–Trinajstić information content (AvgIpc) is 1.68. The van der Waals surface area contributed by atoms with Crippen LogP contribution in [0.3, 0.4) is 0 Å². The summed E-state index contributed by atoms with van der Waals surface area (Å²) < 4.78 is 0. The molecule has 0 fully saturated rings. The molecule has 0 aliphatic heterocycles. The minimum atomic E-state index is -1.56. The SMILES string of the molecule is [B]C([B])(C#N)CO. The van der Waals surface area contributed by atoms with Crippen molar-refractivity contribution >= 4 is 15.7 Å². The number of hydrogen-bond donors (Lipinski definition) is 1. The number of hydrogen-bond acceptors (Lipinski definition) is 2. The van der Waals surface area contributed by atoms with Crippen LogP contribution in [0.1, 0.15) is 0 Å². The van der Waals surface area contributed by atoms with E-state index >= 15 is 0 Å². The first-order chi connectivity index (χ1) is 3.12. The van der Waals surface area contributed by atoms with E-state index in [2.05, 4.69) is 0 Å². The zero-order valence-electron chi connectivity index (χ0n) is 3.76. The lowest BCUT2D eigenvalue weighted by Crippen LogP contribution is -2.14. The third kappa shape index (κ3) is 2.30. The maximum Gasteiger partial charge on any atom is 0.0850 e. The van der Waals surface area contributed by atoms with Gasteiger partial charge in [-0.1, -0.05) is 0 Å². The summed E-state index contributed by atoms with van der Waals surface area (Å²) in [5.41, 5.74) is 0. The van der Waals surface area contributed by atoms with E-state index < -0.39 is 11.8 Å². The zero-order chi connectivity index (χ0) is 5.91. The fourth-order valence-corrected chi connectivity index (χ4v) is 0.0354. The molecule has 0 atom stereocenters. The van der Waals surface area contributed by atoms with Gasteiger partial charge in [-0.15, -0.1) is 0 Å². The van der Waals surface area contributed by atoms with Gasteiger partial charge < -0.3 is 5.11 Å². The Labute approximate surface area is 45.0 Å². The summed E-state index contributed by atoms with van der Waals surface area (Å²) in [5.74, 6) is 0. The third-order valence-corrected chi connectivity index (χ3v) is 0.470. The fraction of sp³-hybridized carbons (Fsp3) is 0.667. The summed E-state index contributed by atoms with van der Waals surface area (Å²) in [6.07, 6.45) is 0. The summed E-state index contributed by atoms with van der Waals surface area (Å²) >= 11 is 0. The van der Waals surface area contributed by atoms with Crippen LogP contribution in [0.4, 0.5) is 0 Å². The zero-order valence-corrected chi connectivity index (χ0v) is 3.76. The van der Waals surface area contributed by atoms with E-state index in [1.165, 1.54) is 6.07 Å². The molecule has 0 aliphatic rings. The molecule has 2 nitrogen and oxygen atoms in total. The van der Waals surface area contributed by atoms with E-state index in [1.54, 1.807) is 0 Å². The highest BCUT2D eigenvalue weighted by Gasteiger charge is 2.11. The molecule has 0 spiro atoms. The van der Waals surface area contributed by atoms with Gasteiger partial charge in [-0.3, -0.25) is 0 Å². The van der Waals surface area contributed by atoms with Gasteiger partial charge in [-0.25, -0.2) is 0 Å². The Bertz CT molecular complexity index is 95.6. The summed E-state index contributed by atoms with van der Waals surface area (Å²) in [5, 5.41) is 14.5. The van der Waals surface area contributed by atoms with E-state index in [1.807, 2.05) is 0 Å². The van der Waals surface area contributed by atoms with Gasteiger partial charge >= 0.3 is 0 Å². The van der Waals surface area contributed by atoms with Crippen LogP contribution in [0.15, 0.2) is 0 Å². The number of nitriles is 1. The molecule has 0 amide bonds. The topological polar surface area (TPSA) is 44.0 Å². The van der Waals surface area contributed by atoms with E-state index in [0.29, 0.717) is 0 Å². The molecule has 0 unspecified atom stereocenters. The first kappa shape index (κ1) is 6.58. The van der Waals surface area contributed by atoms with Crippen LogP contribution in [0.5, 0.6) is 0 Å². The molecule has 1 N–H and O–H groups in total. The van der Waals surface area contributed by atoms with Crippen molar-refractivity contribution in [3.8, 4) is 6.07 Å². The predicted octanol–water partition coefficient (Wildman–Crippen LogP) is -1.04. The van der Waals surface area contributed by atoms with Gasteiger partial charge in [0.05, 0.1) is 21.8 Å². The Balaban J connectivity index is 3.66. The second-order valence-electron chi connectivity index (χ2n) is 1.31. The second kappa shape index (κ2) is 2.04. The van der Waals surface area contributed by atoms with Gasteiger partial charge in [0.1, 0.15) is 0 Å². The highest BCUT2D eigenvalue weighted by atomic mass is 16.3. The molecular weight excluding hydrogens is 87.7 g/mol. The van der Waals surface area contributed by atoms with Crippen LogP contribution in [0.2, 0.25) is 5.21 Å². The molecule has 0 saturated carbocycles. The second-order valence-corrected chi connectivity index (χ2v) is 1.31. The molecule has 0 aromatic rings. The maximum absolute atomic E-state index is 8.12. The fourth-order valence-electron chi connectivity index (χ4n) is 0.0354. The molecule has 0 rings (SSSR count). The van der Waals surface area contributed by atoms with Crippen molar-refractivity contribution in [3.63, 3.8) is 0 Å². The minimum Gasteiger partial charge on any atom is -0.396 e. The Kier molecular flexibility index (Phi) is 1.91. The molecule has 0 saturated heterocycles. The average molecular weight is 90.7 g/mol. The third-order valence-electron chi connectivity index (χ3n) is 0.470. The largest absolute Gasteiger partial charge is 0.396 e. The van der Waals surface area contributed by atoms with Crippen molar-refractivity contribution in [1.82, 2.24) is 0 Å². The van der Waals surface area contributed by atoms with Crippen molar-refractivity contribution < 1.29 is 5.11 Å². The van der Waals surface area contributed by atoms with Crippen molar-refractivity contribution in [2.75, 3.05) is 6.61 Å². The van der Waals surface area contributed by atoms with Gasteiger partial charge in [0.2, 0.25) is 0 Å². The van der Waals surface area contributed by atoms with Crippen LogP contribution in [-0.4, -0.2) is 27.4 Å². The van der Waals surface area contributed by atoms with Crippen LogP contribution in [0, 0.1) is 11.3 Å². The molecule has 0 aliphatic carbocycles. The highest BCUT2D eigenvalue weighted by Crippen LogP contribution is 2.09. The van der Waals surface area contributed by atoms with E-state index in [-0.39, 0.29) is 0 Å². The van der Waals surface area contributed by atoms with Gasteiger partial charge in [-0.05, 0) is 0 Å². The van der Waals surface area contributed by atoms with Gasteiger partial charge in [0.25, 0.3) is 0 Å². The Morgan fingerprint density at radius 2 is 2.14 bits per heavy atom. The number of nitrogens with zero attached hydrogens (tertiary/aromatic N) is 1. The van der Waals surface area contributed by atoms with E-state index in [4.69, 9.17) is 26.1 Å². The number of aliphatic hydroxyl groups is 1. The van der Waals surface area contributed by atoms with Gasteiger partial charge in [-0.2, -0.15) is 5.26 Å². The van der Waals surface area contributed by atoms with E-state index in [0.717, 1.165) is 0 Å². The van der Waals surface area contributed by atoms with Gasteiger partial charge in [0.15, 0.2) is 0 Å². The lowest BCUT2D eigenvalue weighted by molar-refractivity contribution is 0.293. The molecule has 0 heterocycles. The number of rotatable bonds is 1. The normalized spacial score (nSPS) is 10.3. The van der Waals surface area contributed by atoms with Crippen molar-refractivity contribution in [1.29, 1.82) is 5.26 Å². The summed E-state index contributed by atoms with van der Waals surface area (Å²) in [7, 11) is 9.76. The Morgan fingerprint density at radius 3 is 2.14 bits per heavy atom. The minimum absolute atomic E-state index is 0.510. The smallest absolute Gasteiger partial charge is 0.0850 e. The quantitative estimate of drug-likeness (QED) is 0.418. The maximum atomic E-state index is 8.12. The molecule has 0 aromatic heterocycles. The van der Waals surface area contributed by atoms with Crippen molar-refractivity contribution in [2.24, 2.45) is 0 Å². The molecule has 7 heavy (non-hydrogen) atoms. The number of aliphatic hydroxyl groups excluding tert-OH is 1. The highest BCUT2D eigenvalue weighted by molar-refractivity contribution is 6.42. The summed E-state index contributed by atoms with van der Waals surface area (Å²) in [6, 6.07) is 1.50. The molecule has 4 radical (unpaired) electrons. The monoisotopic (exact) mass is 91.0 g/mol. The van der Waals surface area contributed by atoms with Gasteiger partial charge in [0, 0.05) is 11.8 Å². The van der Waals surface area contributed by atoms with Crippen LogP contribution in [-0.2, 0) is 0 Å². The molecule has 4 heteroatoms. The Hall–Kier alpha value is -0.420. The van der Waals surface area contributed by atoms with Crippen LogP contribution in [0.25, 0.3) is 0 Å². The van der Waals surface area contributed by atoms with Crippen LogP contribution >= 0.6 is 0 Å². The molecule has 0 aromatic carbocycles. The standard InChI is InChI=1S/C3H3B2NO/c4-3(5,1-6)2-7/h7H,2H2. The first-order valence-corrected chi connectivity index (χ1v) is 1.72. The first-order valence-electron chi connectivity index (χ1n) is 1.72. The molecule has 32 valence electrons. The summed E-state index contributed by atoms with van der Waals surface area (Å²) in [4.78, 5) is 0. The van der Waals surface area contributed by atoms with Crippen molar-refractivity contribution in [3.05, 3.63) is 0 Å². The lowest BCUT2D eigenvalue weighted by Gasteiger charge is -2.08. The van der Waals surface area contributed by atoms with Crippen molar-refractivity contribution in [2.45, 2.75) is 5.21 Å². The van der Waals surface area contributed by atoms with Crippen LogP contribution < -0.4 is 0 Å². The Morgan fingerprint density at radius 1 is 1.71 bits per heavy atom. The molecule has 0 bridgehead atoms. The molecular formula is C3H3B2NO.